The molecule has 0 heterocycles. The molecule has 0 aromatic carbocycles. The van der Waals surface area contributed by atoms with Gasteiger partial charge in [0.2, 0.25) is 0 Å². The van der Waals surface area contributed by atoms with Crippen molar-refractivity contribution in [3.8, 4) is 0 Å². The highest BCUT2D eigenvalue weighted by Crippen LogP contribution is 2.45. The van der Waals surface area contributed by atoms with E-state index in [-0.39, 0.29) is 11.3 Å². The molecular weight excluding hydrogens is 188 g/mol. The molecule has 2 heteroatoms. The molecule has 2 nitrogen and oxygen atoms in total. The SMILES string of the molecule is C=CC(O)C1CCC(C)=C(C=O)C1(C)C. The first-order chi connectivity index (χ1) is 6.95. The van der Waals surface area contributed by atoms with Crippen LogP contribution in [0.2, 0.25) is 0 Å². The summed E-state index contributed by atoms with van der Waals surface area (Å²) in [5.74, 6) is 0.0962. The summed E-state index contributed by atoms with van der Waals surface area (Å²) in [5.41, 5.74) is 1.75. The van der Waals surface area contributed by atoms with Gasteiger partial charge >= 0.3 is 0 Å². The van der Waals surface area contributed by atoms with Gasteiger partial charge in [0.1, 0.15) is 6.29 Å². The minimum absolute atomic E-state index is 0.0962. The molecule has 1 rings (SSSR count). The molecule has 1 aliphatic rings. The number of rotatable bonds is 3. The fourth-order valence-corrected chi connectivity index (χ4v) is 2.63. The predicted octanol–water partition coefficient (Wildman–Crippen LogP) is 2.48. The first kappa shape index (κ1) is 12.2. The molecular formula is C13H20O2. The van der Waals surface area contributed by atoms with Gasteiger partial charge in [-0.3, -0.25) is 4.79 Å². The van der Waals surface area contributed by atoms with Gasteiger partial charge in [-0.2, -0.15) is 0 Å². The van der Waals surface area contributed by atoms with Gasteiger partial charge in [-0.05, 0) is 36.7 Å². The summed E-state index contributed by atoms with van der Waals surface area (Å²) in [6.45, 7) is 9.67. The number of hydrogen-bond acceptors (Lipinski definition) is 2. The van der Waals surface area contributed by atoms with Gasteiger partial charge in [-0.1, -0.05) is 25.5 Å². The number of hydrogen-bond donors (Lipinski definition) is 1. The molecule has 0 radical (unpaired) electrons. The maximum absolute atomic E-state index is 11.1. The smallest absolute Gasteiger partial charge is 0.146 e. The minimum Gasteiger partial charge on any atom is -0.389 e. The van der Waals surface area contributed by atoms with Crippen molar-refractivity contribution in [3.05, 3.63) is 23.8 Å². The van der Waals surface area contributed by atoms with E-state index >= 15 is 0 Å². The molecule has 0 aliphatic heterocycles. The fourth-order valence-electron chi connectivity index (χ4n) is 2.63. The summed E-state index contributed by atoms with van der Waals surface area (Å²) >= 11 is 0. The Morgan fingerprint density at radius 3 is 2.67 bits per heavy atom. The van der Waals surface area contributed by atoms with E-state index in [9.17, 15) is 9.90 Å². The van der Waals surface area contributed by atoms with Crippen molar-refractivity contribution < 1.29 is 9.90 Å². The lowest BCUT2D eigenvalue weighted by Crippen LogP contribution is -2.38. The summed E-state index contributed by atoms with van der Waals surface area (Å²) in [6, 6.07) is 0. The molecule has 0 spiro atoms. The van der Waals surface area contributed by atoms with E-state index in [1.54, 1.807) is 6.08 Å². The number of carbonyl (C=O) groups excluding carboxylic acids is 1. The molecule has 0 aromatic rings. The van der Waals surface area contributed by atoms with Crippen LogP contribution in [0.5, 0.6) is 0 Å². The molecule has 2 unspecified atom stereocenters. The van der Waals surface area contributed by atoms with Crippen LogP contribution in [-0.4, -0.2) is 17.5 Å². The third kappa shape index (κ3) is 2.05. The molecule has 0 amide bonds. The van der Waals surface area contributed by atoms with Gasteiger partial charge < -0.3 is 5.11 Å². The monoisotopic (exact) mass is 208 g/mol. The quantitative estimate of drug-likeness (QED) is 0.571. The van der Waals surface area contributed by atoms with Crippen molar-refractivity contribution in [3.63, 3.8) is 0 Å². The van der Waals surface area contributed by atoms with Crippen LogP contribution in [0.1, 0.15) is 33.6 Å². The minimum atomic E-state index is -0.525. The Labute approximate surface area is 91.7 Å². The third-order valence-corrected chi connectivity index (χ3v) is 3.68. The molecule has 0 saturated heterocycles. The third-order valence-electron chi connectivity index (χ3n) is 3.68. The van der Waals surface area contributed by atoms with Gasteiger partial charge in [-0.25, -0.2) is 0 Å². The van der Waals surface area contributed by atoms with Crippen molar-refractivity contribution in [2.45, 2.75) is 39.7 Å². The van der Waals surface area contributed by atoms with Crippen LogP contribution < -0.4 is 0 Å². The van der Waals surface area contributed by atoms with E-state index < -0.39 is 6.10 Å². The number of aliphatic hydroxyl groups excluding tert-OH is 1. The van der Waals surface area contributed by atoms with E-state index in [0.717, 1.165) is 30.3 Å². The first-order valence-electron chi connectivity index (χ1n) is 5.41. The fraction of sp³-hybridized carbons (Fsp3) is 0.615. The van der Waals surface area contributed by atoms with Gasteiger partial charge in [0.15, 0.2) is 0 Å². The number of carbonyl (C=O) groups is 1. The van der Waals surface area contributed by atoms with Gasteiger partial charge in [0.25, 0.3) is 0 Å². The Morgan fingerprint density at radius 2 is 2.20 bits per heavy atom. The molecule has 84 valence electrons. The van der Waals surface area contributed by atoms with Crippen LogP contribution in [0.4, 0.5) is 0 Å². The van der Waals surface area contributed by atoms with Crippen LogP contribution >= 0.6 is 0 Å². The highest BCUT2D eigenvalue weighted by atomic mass is 16.3. The van der Waals surface area contributed by atoms with Gasteiger partial charge in [0, 0.05) is 0 Å². The van der Waals surface area contributed by atoms with Crippen LogP contribution in [0.15, 0.2) is 23.8 Å². The highest BCUT2D eigenvalue weighted by molar-refractivity contribution is 5.77. The highest BCUT2D eigenvalue weighted by Gasteiger charge is 2.39. The topological polar surface area (TPSA) is 37.3 Å². The molecule has 2 atom stereocenters. The molecule has 0 aromatic heterocycles. The largest absolute Gasteiger partial charge is 0.389 e. The van der Waals surface area contributed by atoms with Crippen molar-refractivity contribution in [2.24, 2.45) is 11.3 Å². The second kappa shape index (κ2) is 4.31. The molecule has 1 aliphatic carbocycles. The lowest BCUT2D eigenvalue weighted by atomic mass is 9.64. The number of aldehydes is 1. The molecule has 1 N–H and O–H groups in total. The Morgan fingerprint density at radius 1 is 1.60 bits per heavy atom. The number of aliphatic hydroxyl groups is 1. The second-order valence-corrected chi connectivity index (χ2v) is 4.91. The zero-order valence-electron chi connectivity index (χ0n) is 9.79. The Bertz CT molecular complexity index is 300. The molecule has 0 fully saturated rings. The Kier molecular flexibility index (Phi) is 3.50. The van der Waals surface area contributed by atoms with Crippen LogP contribution in [0.25, 0.3) is 0 Å². The molecule has 0 bridgehead atoms. The Hall–Kier alpha value is -0.890. The Balaban J connectivity index is 3.09. The maximum atomic E-state index is 11.1. The maximum Gasteiger partial charge on any atom is 0.146 e. The van der Waals surface area contributed by atoms with Crippen molar-refractivity contribution in [1.29, 1.82) is 0 Å². The summed E-state index contributed by atoms with van der Waals surface area (Å²) in [5, 5.41) is 9.86. The van der Waals surface area contributed by atoms with Crippen molar-refractivity contribution >= 4 is 6.29 Å². The standard InChI is InChI=1S/C13H20O2/c1-5-12(15)10-7-6-9(2)11(8-14)13(10,3)4/h5,8,10,12,15H,1,6-7H2,2-4H3. The zero-order valence-corrected chi connectivity index (χ0v) is 9.79. The van der Waals surface area contributed by atoms with Crippen molar-refractivity contribution in [2.75, 3.05) is 0 Å². The van der Waals surface area contributed by atoms with E-state index in [0.29, 0.717) is 0 Å². The van der Waals surface area contributed by atoms with Crippen LogP contribution in [-0.2, 0) is 4.79 Å². The van der Waals surface area contributed by atoms with Crippen LogP contribution in [0.3, 0.4) is 0 Å². The van der Waals surface area contributed by atoms with E-state index in [1.165, 1.54) is 0 Å². The van der Waals surface area contributed by atoms with Crippen molar-refractivity contribution in [1.82, 2.24) is 0 Å². The summed E-state index contributed by atoms with van der Waals surface area (Å²) in [4.78, 5) is 11.1. The normalized spacial score (nSPS) is 27.3. The van der Waals surface area contributed by atoms with E-state index in [1.807, 2.05) is 20.8 Å². The average Bonchev–Trinajstić information content (AvgIpc) is 2.16. The van der Waals surface area contributed by atoms with Gasteiger partial charge in [0.05, 0.1) is 6.10 Å². The van der Waals surface area contributed by atoms with E-state index in [4.69, 9.17) is 0 Å². The summed E-state index contributed by atoms with van der Waals surface area (Å²) < 4.78 is 0. The predicted molar refractivity (Wildman–Crippen MR) is 61.5 cm³/mol. The lowest BCUT2D eigenvalue weighted by molar-refractivity contribution is -0.106. The summed E-state index contributed by atoms with van der Waals surface area (Å²) in [7, 11) is 0. The average molecular weight is 208 g/mol. The van der Waals surface area contributed by atoms with E-state index in [2.05, 4.69) is 6.58 Å². The zero-order chi connectivity index (χ0) is 11.6. The first-order valence-corrected chi connectivity index (χ1v) is 5.41. The summed E-state index contributed by atoms with van der Waals surface area (Å²) in [6.07, 6.45) is 3.80. The van der Waals surface area contributed by atoms with Gasteiger partial charge in [-0.15, -0.1) is 6.58 Å². The number of allylic oxidation sites excluding steroid dienone is 2. The lowest BCUT2D eigenvalue weighted by Gasteiger charge is -2.41. The molecule has 0 saturated carbocycles. The second-order valence-electron chi connectivity index (χ2n) is 4.91. The molecule has 15 heavy (non-hydrogen) atoms. The van der Waals surface area contributed by atoms with Crippen LogP contribution in [0, 0.1) is 11.3 Å².